The minimum absolute atomic E-state index is 1.12. The molecule has 0 bridgehead atoms. The van der Waals surface area contributed by atoms with Gasteiger partial charge in [-0.1, -0.05) is 0 Å². The third-order valence-electron chi connectivity index (χ3n) is 0.211. The van der Waals surface area contributed by atoms with Gasteiger partial charge < -0.3 is 0 Å². The van der Waals surface area contributed by atoms with Gasteiger partial charge in [-0.3, -0.25) is 0 Å². The van der Waals surface area contributed by atoms with Crippen molar-refractivity contribution in [2.24, 2.45) is 0 Å². The van der Waals surface area contributed by atoms with Crippen LogP contribution in [0.1, 0.15) is 6.92 Å². The Hall–Kier alpha value is -0.0500. The van der Waals surface area contributed by atoms with Crippen LogP contribution in [-0.4, -0.2) is 8.42 Å². The van der Waals surface area contributed by atoms with E-state index in [-0.39, 0.29) is 0 Å². The van der Waals surface area contributed by atoms with Crippen LogP contribution in [0.2, 0.25) is 0 Å². The van der Waals surface area contributed by atoms with Crippen molar-refractivity contribution in [3.63, 3.8) is 0 Å². The molecule has 0 atom stereocenters. The molecule has 0 N–H and O–H groups in total. The molecular formula is C2H5O2S. The van der Waals surface area contributed by atoms with Crippen LogP contribution in [0, 0.1) is 5.75 Å². The van der Waals surface area contributed by atoms with Gasteiger partial charge in [-0.2, -0.15) is 0 Å². The number of hydrogen-bond acceptors (Lipinski definition) is 2. The average molecular weight is 93.1 g/mol. The molecule has 0 aliphatic rings. The normalized spacial score (nSPS) is 9.20. The number of thiol groups is 1. The Morgan fingerprint density at radius 1 is 1.60 bits per heavy atom. The molecule has 0 unspecified atom stereocenters. The zero-order valence-corrected chi connectivity index (χ0v) is 3.74. The van der Waals surface area contributed by atoms with E-state index in [1.54, 1.807) is 0 Å². The lowest BCUT2D eigenvalue weighted by atomic mass is 11.0. The second kappa shape index (κ2) is 2.20. The van der Waals surface area contributed by atoms with Gasteiger partial charge in [-0.05, 0) is 6.92 Å². The quantitative estimate of drug-likeness (QED) is 0.455. The van der Waals surface area contributed by atoms with E-state index in [4.69, 9.17) is 0 Å². The summed E-state index contributed by atoms with van der Waals surface area (Å²) < 4.78 is 18.7. The minimum atomic E-state index is -2.22. The molecule has 0 aromatic carbocycles. The molecule has 1 radical (unpaired) electrons. The standard InChI is InChI=1S/C2H5O2S/c1-2-5(3)4/h2,5H,1H3. The molecule has 0 rings (SSSR count). The molecule has 0 aliphatic carbocycles. The molecule has 5 heavy (non-hydrogen) atoms. The molecule has 0 saturated heterocycles. The fourth-order valence-electron chi connectivity index (χ4n) is 0. The van der Waals surface area contributed by atoms with E-state index in [1.165, 1.54) is 6.92 Å². The van der Waals surface area contributed by atoms with Gasteiger partial charge in [0.05, 0.1) is 5.75 Å². The van der Waals surface area contributed by atoms with Gasteiger partial charge in [0.15, 0.2) is 0 Å². The zero-order valence-electron chi connectivity index (χ0n) is 2.84. The molecule has 0 heterocycles. The summed E-state index contributed by atoms with van der Waals surface area (Å²) in [6.45, 7) is 1.48. The molecule has 0 saturated carbocycles. The number of rotatable bonds is 1. The second-order valence-corrected chi connectivity index (χ2v) is 1.63. The highest BCUT2D eigenvalue weighted by molar-refractivity contribution is 7.74. The summed E-state index contributed by atoms with van der Waals surface area (Å²) in [5.41, 5.74) is 0. The third-order valence-corrected chi connectivity index (χ3v) is 0.632. The van der Waals surface area contributed by atoms with Gasteiger partial charge in [0, 0.05) is 0 Å². The fourth-order valence-corrected chi connectivity index (χ4v) is 0. The largest absolute Gasteiger partial charge is 0.232 e. The van der Waals surface area contributed by atoms with Crippen molar-refractivity contribution in [2.45, 2.75) is 6.92 Å². The van der Waals surface area contributed by atoms with E-state index in [0.29, 0.717) is 0 Å². The fraction of sp³-hybridized carbons (Fsp3) is 0.500. The SMILES string of the molecule is C[CH][SH](=O)=O. The predicted octanol–water partition coefficient (Wildman–Crippen LogP) is -0.221. The van der Waals surface area contributed by atoms with E-state index in [2.05, 4.69) is 0 Å². The van der Waals surface area contributed by atoms with Gasteiger partial charge in [-0.25, -0.2) is 8.42 Å². The maximum Gasteiger partial charge on any atom is 0.143 e. The van der Waals surface area contributed by atoms with Crippen molar-refractivity contribution in [3.8, 4) is 0 Å². The first-order valence-corrected chi connectivity index (χ1v) is 2.45. The van der Waals surface area contributed by atoms with Gasteiger partial charge in [0.25, 0.3) is 0 Å². The van der Waals surface area contributed by atoms with Crippen molar-refractivity contribution in [1.82, 2.24) is 0 Å². The Morgan fingerprint density at radius 3 is 1.80 bits per heavy atom. The van der Waals surface area contributed by atoms with Crippen molar-refractivity contribution in [3.05, 3.63) is 5.75 Å². The van der Waals surface area contributed by atoms with Crippen molar-refractivity contribution in [2.75, 3.05) is 0 Å². The smallest absolute Gasteiger partial charge is 0.143 e. The molecule has 0 aromatic rings. The molecule has 31 valence electrons. The lowest BCUT2D eigenvalue weighted by Crippen LogP contribution is -1.63. The second-order valence-electron chi connectivity index (χ2n) is 0.544. The minimum Gasteiger partial charge on any atom is -0.232 e. The van der Waals surface area contributed by atoms with Crippen LogP contribution in [0.15, 0.2) is 0 Å². The molecular weight excluding hydrogens is 88.1 g/mol. The Bertz CT molecular complexity index is 65.7. The van der Waals surface area contributed by atoms with E-state index < -0.39 is 10.7 Å². The lowest BCUT2D eigenvalue weighted by molar-refractivity contribution is 0.619. The topological polar surface area (TPSA) is 34.1 Å². The van der Waals surface area contributed by atoms with Crippen molar-refractivity contribution in [1.29, 1.82) is 0 Å². The van der Waals surface area contributed by atoms with Crippen LogP contribution in [0.5, 0.6) is 0 Å². The highest BCUT2D eigenvalue weighted by Crippen LogP contribution is 1.64. The molecule has 2 nitrogen and oxygen atoms in total. The van der Waals surface area contributed by atoms with Gasteiger partial charge in [-0.15, -0.1) is 0 Å². The van der Waals surface area contributed by atoms with Crippen molar-refractivity contribution >= 4 is 10.7 Å². The summed E-state index contributed by atoms with van der Waals surface area (Å²) in [5.74, 6) is 1.12. The Balaban J connectivity index is 3.23. The van der Waals surface area contributed by atoms with Gasteiger partial charge in [0.1, 0.15) is 10.7 Å². The Kier molecular flexibility index (Phi) is 2.18. The Morgan fingerprint density at radius 2 is 1.80 bits per heavy atom. The number of hydrogen-bond donors (Lipinski definition) is 1. The zero-order chi connectivity index (χ0) is 4.28. The predicted molar refractivity (Wildman–Crippen MR) is 20.3 cm³/mol. The molecule has 0 spiro atoms. The summed E-state index contributed by atoms with van der Waals surface area (Å²) >= 11 is 0. The highest BCUT2D eigenvalue weighted by Gasteiger charge is 1.67. The highest BCUT2D eigenvalue weighted by atomic mass is 32.2. The third kappa shape index (κ3) is 3.95. The molecule has 3 heteroatoms. The Labute approximate surface area is 32.8 Å². The molecule has 0 amide bonds. The first-order chi connectivity index (χ1) is 2.27. The van der Waals surface area contributed by atoms with E-state index in [9.17, 15) is 8.42 Å². The maximum atomic E-state index is 9.35. The van der Waals surface area contributed by atoms with Crippen LogP contribution in [-0.2, 0) is 10.7 Å². The van der Waals surface area contributed by atoms with Crippen LogP contribution in [0.4, 0.5) is 0 Å². The molecule has 0 fully saturated rings. The summed E-state index contributed by atoms with van der Waals surface area (Å²) in [4.78, 5) is 0. The summed E-state index contributed by atoms with van der Waals surface area (Å²) in [7, 11) is -2.22. The van der Waals surface area contributed by atoms with E-state index in [1.807, 2.05) is 0 Å². The van der Waals surface area contributed by atoms with E-state index >= 15 is 0 Å². The molecule has 0 aliphatic heterocycles. The summed E-state index contributed by atoms with van der Waals surface area (Å²) in [6.07, 6.45) is 0. The summed E-state index contributed by atoms with van der Waals surface area (Å²) in [5, 5.41) is 0. The van der Waals surface area contributed by atoms with Crippen LogP contribution in [0.3, 0.4) is 0 Å². The van der Waals surface area contributed by atoms with Crippen LogP contribution < -0.4 is 0 Å². The average Bonchev–Trinajstić information content (AvgIpc) is 1.38. The van der Waals surface area contributed by atoms with Crippen LogP contribution >= 0.6 is 0 Å². The van der Waals surface area contributed by atoms with Crippen LogP contribution in [0.25, 0.3) is 0 Å². The van der Waals surface area contributed by atoms with E-state index in [0.717, 1.165) is 5.75 Å². The first kappa shape index (κ1) is 4.95. The van der Waals surface area contributed by atoms with Crippen molar-refractivity contribution < 1.29 is 8.42 Å². The first-order valence-electron chi connectivity index (χ1n) is 1.20. The van der Waals surface area contributed by atoms with Gasteiger partial charge in [0.2, 0.25) is 0 Å². The maximum absolute atomic E-state index is 9.35. The van der Waals surface area contributed by atoms with Gasteiger partial charge >= 0.3 is 0 Å². The monoisotopic (exact) mass is 93.0 g/mol. The molecule has 0 aromatic heterocycles. The summed E-state index contributed by atoms with van der Waals surface area (Å²) in [6, 6.07) is 0. The lowest BCUT2D eigenvalue weighted by Gasteiger charge is -1.59.